The summed E-state index contributed by atoms with van der Waals surface area (Å²) in [4.78, 5) is 12.3. The van der Waals surface area contributed by atoms with Crippen molar-refractivity contribution >= 4 is 21.6 Å². The fourth-order valence-electron chi connectivity index (χ4n) is 3.07. The van der Waals surface area contributed by atoms with Gasteiger partial charge in [0.1, 0.15) is 5.82 Å². The standard InChI is InChI=1S/C20H23FN2O4S/c1-28(25,26)23(14-16-5-2-3-7-19(16)21)17-10-8-15(9-11-17)20(24)22-13-18-6-4-12-27-18/h2-3,5,7-11,18H,4,6,12-14H2,1H3,(H,22,24). The quantitative estimate of drug-likeness (QED) is 0.767. The van der Waals surface area contributed by atoms with E-state index < -0.39 is 15.8 Å². The zero-order valence-electron chi connectivity index (χ0n) is 15.6. The molecule has 1 aliphatic heterocycles. The molecule has 1 N–H and O–H groups in total. The molecule has 28 heavy (non-hydrogen) atoms. The van der Waals surface area contributed by atoms with Crippen molar-refractivity contribution in [3.8, 4) is 0 Å². The average Bonchev–Trinajstić information content (AvgIpc) is 3.18. The van der Waals surface area contributed by atoms with Crippen LogP contribution in [-0.2, 0) is 21.3 Å². The Labute approximate surface area is 164 Å². The number of nitrogens with one attached hydrogen (secondary N) is 1. The van der Waals surface area contributed by atoms with Crippen LogP contribution >= 0.6 is 0 Å². The highest BCUT2D eigenvalue weighted by Crippen LogP contribution is 2.22. The number of ether oxygens (including phenoxy) is 1. The van der Waals surface area contributed by atoms with Crippen LogP contribution in [0.4, 0.5) is 10.1 Å². The van der Waals surface area contributed by atoms with Gasteiger partial charge in [-0.3, -0.25) is 9.10 Å². The number of amides is 1. The Morgan fingerprint density at radius 1 is 1.21 bits per heavy atom. The maximum atomic E-state index is 14.0. The van der Waals surface area contributed by atoms with E-state index in [0.717, 1.165) is 30.0 Å². The Hall–Kier alpha value is -2.45. The topological polar surface area (TPSA) is 75.7 Å². The summed E-state index contributed by atoms with van der Waals surface area (Å²) >= 11 is 0. The first-order chi connectivity index (χ1) is 13.3. The Kier molecular flexibility index (Phi) is 6.31. The first-order valence-corrected chi connectivity index (χ1v) is 10.9. The minimum Gasteiger partial charge on any atom is -0.376 e. The number of rotatable bonds is 7. The fraction of sp³-hybridized carbons (Fsp3) is 0.350. The molecule has 1 unspecified atom stereocenters. The molecule has 8 heteroatoms. The number of carbonyl (C=O) groups is 1. The van der Waals surface area contributed by atoms with Crippen molar-refractivity contribution in [2.45, 2.75) is 25.5 Å². The molecule has 1 atom stereocenters. The first kappa shape index (κ1) is 20.3. The summed E-state index contributed by atoms with van der Waals surface area (Å²) in [5, 5.41) is 2.82. The third-order valence-corrected chi connectivity index (χ3v) is 5.74. The Morgan fingerprint density at radius 3 is 2.54 bits per heavy atom. The van der Waals surface area contributed by atoms with E-state index in [-0.39, 0.29) is 24.1 Å². The van der Waals surface area contributed by atoms with Crippen LogP contribution in [0, 0.1) is 5.82 Å². The predicted octanol–water partition coefficient (Wildman–Crippen LogP) is 2.70. The lowest BCUT2D eigenvalue weighted by molar-refractivity contribution is 0.0858. The van der Waals surface area contributed by atoms with Gasteiger partial charge in [0.25, 0.3) is 5.91 Å². The fourth-order valence-corrected chi connectivity index (χ4v) is 3.95. The summed E-state index contributed by atoms with van der Waals surface area (Å²) in [5.41, 5.74) is 1.05. The lowest BCUT2D eigenvalue weighted by Crippen LogP contribution is -2.32. The lowest BCUT2D eigenvalue weighted by Gasteiger charge is -2.23. The van der Waals surface area contributed by atoms with Gasteiger partial charge in [-0.2, -0.15) is 0 Å². The third-order valence-electron chi connectivity index (χ3n) is 4.60. The third kappa shape index (κ3) is 5.08. The molecule has 3 rings (SSSR count). The largest absolute Gasteiger partial charge is 0.376 e. The number of halogens is 1. The van der Waals surface area contributed by atoms with Gasteiger partial charge >= 0.3 is 0 Å². The van der Waals surface area contributed by atoms with Crippen LogP contribution in [0.25, 0.3) is 0 Å². The zero-order valence-corrected chi connectivity index (χ0v) is 16.4. The second-order valence-electron chi connectivity index (χ2n) is 6.75. The lowest BCUT2D eigenvalue weighted by atomic mass is 10.1. The summed E-state index contributed by atoms with van der Waals surface area (Å²) in [6.07, 6.45) is 3.04. The zero-order chi connectivity index (χ0) is 20.1. The number of hydrogen-bond acceptors (Lipinski definition) is 4. The van der Waals surface area contributed by atoms with E-state index >= 15 is 0 Å². The van der Waals surface area contributed by atoms with E-state index in [4.69, 9.17) is 4.74 Å². The smallest absolute Gasteiger partial charge is 0.251 e. The van der Waals surface area contributed by atoms with Crippen LogP contribution < -0.4 is 9.62 Å². The molecule has 2 aromatic rings. The van der Waals surface area contributed by atoms with Crippen LogP contribution in [0.5, 0.6) is 0 Å². The van der Waals surface area contributed by atoms with E-state index in [0.29, 0.717) is 17.8 Å². The Morgan fingerprint density at radius 2 is 1.93 bits per heavy atom. The van der Waals surface area contributed by atoms with Crippen molar-refractivity contribution in [1.82, 2.24) is 5.32 Å². The Bertz CT molecular complexity index is 925. The second-order valence-corrected chi connectivity index (χ2v) is 8.66. The minimum absolute atomic E-state index is 0.0460. The highest BCUT2D eigenvalue weighted by Gasteiger charge is 2.20. The highest BCUT2D eigenvalue weighted by molar-refractivity contribution is 7.92. The maximum absolute atomic E-state index is 14.0. The molecule has 0 bridgehead atoms. The van der Waals surface area contributed by atoms with Gasteiger partial charge in [-0.05, 0) is 43.2 Å². The molecule has 0 aliphatic carbocycles. The van der Waals surface area contributed by atoms with Crippen molar-refractivity contribution < 1.29 is 22.3 Å². The Balaban J connectivity index is 1.73. The van der Waals surface area contributed by atoms with Gasteiger partial charge < -0.3 is 10.1 Å². The van der Waals surface area contributed by atoms with E-state index in [1.54, 1.807) is 42.5 Å². The molecule has 1 heterocycles. The molecule has 1 fully saturated rings. The summed E-state index contributed by atoms with van der Waals surface area (Å²) in [6.45, 7) is 1.04. The van der Waals surface area contributed by atoms with Crippen molar-refractivity contribution in [2.75, 3.05) is 23.7 Å². The van der Waals surface area contributed by atoms with Crippen LogP contribution in [0.1, 0.15) is 28.8 Å². The molecule has 150 valence electrons. The van der Waals surface area contributed by atoms with Gasteiger partial charge in [-0.1, -0.05) is 18.2 Å². The van der Waals surface area contributed by atoms with Crippen molar-refractivity contribution in [1.29, 1.82) is 0 Å². The second kappa shape index (κ2) is 8.70. The SMILES string of the molecule is CS(=O)(=O)N(Cc1ccccc1F)c1ccc(C(=O)NCC2CCCO2)cc1. The number of hydrogen-bond donors (Lipinski definition) is 1. The molecule has 0 aromatic heterocycles. The van der Waals surface area contributed by atoms with Crippen LogP contribution in [-0.4, -0.2) is 39.8 Å². The van der Waals surface area contributed by atoms with Crippen molar-refractivity contribution in [2.24, 2.45) is 0 Å². The molecule has 0 radical (unpaired) electrons. The summed E-state index contributed by atoms with van der Waals surface area (Å²) in [5.74, 6) is -0.719. The van der Waals surface area contributed by atoms with E-state index in [9.17, 15) is 17.6 Å². The van der Waals surface area contributed by atoms with Gasteiger partial charge in [0, 0.05) is 24.3 Å². The van der Waals surface area contributed by atoms with Gasteiger partial charge in [-0.15, -0.1) is 0 Å². The molecule has 1 amide bonds. The van der Waals surface area contributed by atoms with E-state index in [2.05, 4.69) is 5.32 Å². The molecule has 6 nitrogen and oxygen atoms in total. The molecule has 0 spiro atoms. The van der Waals surface area contributed by atoms with Crippen molar-refractivity contribution in [3.05, 3.63) is 65.5 Å². The van der Waals surface area contributed by atoms with Crippen LogP contribution in [0.2, 0.25) is 0 Å². The highest BCUT2D eigenvalue weighted by atomic mass is 32.2. The molecule has 1 saturated heterocycles. The summed E-state index contributed by atoms with van der Waals surface area (Å²) in [7, 11) is -3.64. The monoisotopic (exact) mass is 406 g/mol. The van der Waals surface area contributed by atoms with Crippen LogP contribution in [0.15, 0.2) is 48.5 Å². The number of sulfonamides is 1. The number of benzene rings is 2. The van der Waals surface area contributed by atoms with Crippen molar-refractivity contribution in [3.63, 3.8) is 0 Å². The summed E-state index contributed by atoms with van der Waals surface area (Å²) < 4.78 is 45.0. The van der Waals surface area contributed by atoms with Gasteiger partial charge in [0.15, 0.2) is 0 Å². The van der Waals surface area contributed by atoms with Crippen LogP contribution in [0.3, 0.4) is 0 Å². The van der Waals surface area contributed by atoms with Gasteiger partial charge in [0.2, 0.25) is 10.0 Å². The predicted molar refractivity (Wildman–Crippen MR) is 105 cm³/mol. The molecule has 2 aromatic carbocycles. The number of carbonyl (C=O) groups excluding carboxylic acids is 1. The van der Waals surface area contributed by atoms with Gasteiger partial charge in [0.05, 0.1) is 24.6 Å². The van der Waals surface area contributed by atoms with Gasteiger partial charge in [-0.25, -0.2) is 12.8 Å². The minimum atomic E-state index is -3.64. The molecular formula is C20H23FN2O4S. The average molecular weight is 406 g/mol. The first-order valence-electron chi connectivity index (χ1n) is 9.05. The molecular weight excluding hydrogens is 383 g/mol. The number of nitrogens with zero attached hydrogens (tertiary/aromatic N) is 1. The number of anilines is 1. The normalized spacial score (nSPS) is 16.7. The summed E-state index contributed by atoms with van der Waals surface area (Å²) in [6, 6.07) is 12.2. The maximum Gasteiger partial charge on any atom is 0.251 e. The van der Waals surface area contributed by atoms with E-state index in [1.807, 2.05) is 0 Å². The molecule has 1 aliphatic rings. The van der Waals surface area contributed by atoms with E-state index in [1.165, 1.54) is 6.07 Å². The molecule has 0 saturated carbocycles.